The number of hydrogen-bond donors (Lipinski definition) is 0. The molecule has 0 N–H and O–H groups in total. The molecule has 0 saturated carbocycles. The molecule has 0 fully saturated rings. The number of rotatable bonds is 9. The Balaban J connectivity index is 1.21. The van der Waals surface area contributed by atoms with Crippen molar-refractivity contribution in [2.45, 2.75) is 54.4 Å². The average molecular weight is 601 g/mol. The van der Waals surface area contributed by atoms with E-state index in [1.165, 1.54) is 78.6 Å². The van der Waals surface area contributed by atoms with Crippen LogP contribution in [-0.4, -0.2) is 0 Å². The Morgan fingerprint density at radius 3 is 0.826 bits per heavy atom. The van der Waals surface area contributed by atoms with Crippen LogP contribution in [-0.2, 0) is 12.8 Å². The largest absolute Gasteiger partial charge is 0.310 e. The zero-order valence-corrected chi connectivity index (χ0v) is 28.0. The summed E-state index contributed by atoms with van der Waals surface area (Å²) in [5.41, 5.74) is 17.3. The van der Waals surface area contributed by atoms with E-state index in [1.54, 1.807) is 0 Å². The van der Waals surface area contributed by atoms with Gasteiger partial charge < -0.3 is 9.80 Å². The Kier molecular flexibility index (Phi) is 9.08. The molecule has 0 heterocycles. The second-order valence-corrected chi connectivity index (χ2v) is 12.9. The summed E-state index contributed by atoms with van der Waals surface area (Å²) in [6.07, 6.45) is 1.99. The van der Waals surface area contributed by atoms with Crippen LogP contribution in [0.2, 0.25) is 0 Å². The van der Waals surface area contributed by atoms with Crippen LogP contribution in [0.5, 0.6) is 0 Å². The van der Waals surface area contributed by atoms with Crippen LogP contribution in [0, 0.1) is 41.5 Å². The van der Waals surface area contributed by atoms with Crippen LogP contribution in [0.25, 0.3) is 0 Å². The third-order valence-electron chi connectivity index (χ3n) is 8.61. The van der Waals surface area contributed by atoms with Gasteiger partial charge in [-0.2, -0.15) is 0 Å². The van der Waals surface area contributed by atoms with Gasteiger partial charge in [-0.3, -0.25) is 0 Å². The first-order chi connectivity index (χ1) is 22.2. The second kappa shape index (κ2) is 13.5. The average Bonchev–Trinajstić information content (AvgIpc) is 3.02. The lowest BCUT2D eigenvalue weighted by Crippen LogP contribution is -2.11. The fourth-order valence-electron chi connectivity index (χ4n) is 6.35. The maximum Gasteiger partial charge on any atom is 0.0466 e. The van der Waals surface area contributed by atoms with Crippen LogP contribution in [0.4, 0.5) is 34.1 Å². The lowest BCUT2D eigenvalue weighted by atomic mass is 10.0. The van der Waals surface area contributed by atoms with E-state index in [0.29, 0.717) is 0 Å². The molecule has 0 amide bonds. The van der Waals surface area contributed by atoms with E-state index in [9.17, 15) is 0 Å². The molecule has 0 aliphatic heterocycles. The summed E-state index contributed by atoms with van der Waals surface area (Å²) >= 11 is 0. The Hall–Kier alpha value is -5.08. The molecule has 46 heavy (non-hydrogen) atoms. The maximum atomic E-state index is 2.36. The molecule has 0 aromatic heterocycles. The van der Waals surface area contributed by atoms with Crippen LogP contribution < -0.4 is 9.80 Å². The molecule has 230 valence electrons. The summed E-state index contributed by atoms with van der Waals surface area (Å²) < 4.78 is 0. The van der Waals surface area contributed by atoms with Crippen LogP contribution >= 0.6 is 0 Å². The van der Waals surface area contributed by atoms with Gasteiger partial charge in [0.15, 0.2) is 0 Å². The zero-order valence-electron chi connectivity index (χ0n) is 28.0. The number of anilines is 6. The van der Waals surface area contributed by atoms with Gasteiger partial charge in [-0.05, 0) is 161 Å². The Labute approximate surface area is 275 Å². The van der Waals surface area contributed by atoms with Gasteiger partial charge in [-0.25, -0.2) is 0 Å². The van der Waals surface area contributed by atoms with Gasteiger partial charge >= 0.3 is 0 Å². The fourth-order valence-corrected chi connectivity index (χ4v) is 6.35. The highest BCUT2D eigenvalue weighted by Crippen LogP contribution is 2.37. The predicted molar refractivity (Wildman–Crippen MR) is 198 cm³/mol. The normalized spacial score (nSPS) is 11.0. The van der Waals surface area contributed by atoms with Crippen LogP contribution in [0.1, 0.15) is 44.5 Å². The quantitative estimate of drug-likeness (QED) is 0.163. The summed E-state index contributed by atoms with van der Waals surface area (Å²) in [4.78, 5) is 4.72. The molecule has 2 heteroatoms. The Morgan fingerprint density at radius 1 is 0.283 bits per heavy atom. The fraction of sp³-hybridized carbons (Fsp3) is 0.182. The maximum absolute atomic E-state index is 2.36. The van der Waals surface area contributed by atoms with E-state index in [2.05, 4.69) is 185 Å². The molecule has 0 spiro atoms. The van der Waals surface area contributed by atoms with Crippen molar-refractivity contribution in [1.82, 2.24) is 0 Å². The highest BCUT2D eigenvalue weighted by Gasteiger charge is 2.15. The lowest BCUT2D eigenvalue weighted by molar-refractivity contribution is 0.959. The molecule has 6 aromatic rings. The smallest absolute Gasteiger partial charge is 0.0466 e. The number of hydrogen-bond acceptors (Lipinski definition) is 2. The minimum absolute atomic E-state index is 0.993. The molecule has 0 aliphatic rings. The minimum Gasteiger partial charge on any atom is -0.310 e. The summed E-state index contributed by atoms with van der Waals surface area (Å²) in [5, 5.41) is 0. The molecule has 0 bridgehead atoms. The molecular formula is C44H44N2. The molecular weight excluding hydrogens is 556 g/mol. The van der Waals surface area contributed by atoms with E-state index in [-0.39, 0.29) is 0 Å². The van der Waals surface area contributed by atoms with Crippen LogP contribution in [0.3, 0.4) is 0 Å². The van der Waals surface area contributed by atoms with Crippen molar-refractivity contribution < 1.29 is 0 Å². The summed E-state index contributed by atoms with van der Waals surface area (Å²) in [6.45, 7) is 13.0. The lowest BCUT2D eigenvalue weighted by Gasteiger charge is -2.27. The van der Waals surface area contributed by atoms with E-state index < -0.39 is 0 Å². The van der Waals surface area contributed by atoms with Crippen molar-refractivity contribution in [3.8, 4) is 0 Å². The molecule has 2 nitrogen and oxygen atoms in total. The van der Waals surface area contributed by atoms with E-state index in [1.807, 2.05) is 0 Å². The zero-order chi connectivity index (χ0) is 32.2. The second-order valence-electron chi connectivity index (χ2n) is 12.9. The molecule has 6 aromatic carbocycles. The van der Waals surface area contributed by atoms with E-state index >= 15 is 0 Å². The minimum atomic E-state index is 0.993. The summed E-state index contributed by atoms with van der Waals surface area (Å²) in [6, 6.07) is 49.3. The third-order valence-corrected chi connectivity index (χ3v) is 8.61. The van der Waals surface area contributed by atoms with Gasteiger partial charge in [0.1, 0.15) is 0 Å². The molecule has 0 saturated heterocycles. The summed E-state index contributed by atoms with van der Waals surface area (Å²) in [7, 11) is 0. The van der Waals surface area contributed by atoms with Crippen LogP contribution in [0.15, 0.2) is 133 Å². The molecule has 0 atom stereocenters. The predicted octanol–water partition coefficient (Wildman–Crippen LogP) is 12.3. The van der Waals surface area contributed by atoms with Gasteiger partial charge in [0, 0.05) is 34.1 Å². The van der Waals surface area contributed by atoms with Gasteiger partial charge in [0.05, 0.1) is 0 Å². The van der Waals surface area contributed by atoms with E-state index in [4.69, 9.17) is 0 Å². The van der Waals surface area contributed by atoms with Gasteiger partial charge in [-0.15, -0.1) is 0 Å². The van der Waals surface area contributed by atoms with Crippen molar-refractivity contribution in [3.63, 3.8) is 0 Å². The number of aryl methyl sites for hydroxylation is 8. The standard InChI is InChI=1S/C44H44N2/c1-31-7-17-39(18-8-31)45(43-27-33(3)25-34(4)28-43)41-21-13-37(14-22-41)11-12-38-15-23-42(24-16-38)46(40-19-9-32(2)10-20-40)44-29-35(5)26-36(6)30-44/h7-10,13-30H,11-12H2,1-6H3. The monoisotopic (exact) mass is 600 g/mol. The van der Waals surface area contributed by atoms with Crippen molar-refractivity contribution in [1.29, 1.82) is 0 Å². The first kappa shape index (κ1) is 30.9. The molecule has 0 radical (unpaired) electrons. The SMILES string of the molecule is Cc1ccc(N(c2ccc(CCc3ccc(N(c4ccc(C)cc4)c4cc(C)cc(C)c4)cc3)cc2)c2cc(C)cc(C)c2)cc1. The number of benzene rings is 6. The Morgan fingerprint density at radius 2 is 0.543 bits per heavy atom. The van der Waals surface area contributed by atoms with Gasteiger partial charge in [0.25, 0.3) is 0 Å². The Bertz CT molecular complexity index is 1730. The van der Waals surface area contributed by atoms with Gasteiger partial charge in [0.2, 0.25) is 0 Å². The summed E-state index contributed by atoms with van der Waals surface area (Å²) in [5.74, 6) is 0. The first-order valence-corrected chi connectivity index (χ1v) is 16.3. The van der Waals surface area contributed by atoms with Crippen molar-refractivity contribution in [2.75, 3.05) is 9.80 Å². The highest BCUT2D eigenvalue weighted by molar-refractivity contribution is 5.78. The third kappa shape index (κ3) is 7.24. The van der Waals surface area contributed by atoms with Gasteiger partial charge in [-0.1, -0.05) is 71.8 Å². The van der Waals surface area contributed by atoms with E-state index in [0.717, 1.165) is 12.8 Å². The first-order valence-electron chi connectivity index (χ1n) is 16.3. The highest BCUT2D eigenvalue weighted by atomic mass is 15.1. The topological polar surface area (TPSA) is 6.48 Å². The van der Waals surface area contributed by atoms with Crippen molar-refractivity contribution in [3.05, 3.63) is 178 Å². The molecule has 6 rings (SSSR count). The van der Waals surface area contributed by atoms with Crippen molar-refractivity contribution >= 4 is 34.1 Å². The number of nitrogens with zero attached hydrogens (tertiary/aromatic N) is 2. The molecule has 0 unspecified atom stereocenters. The van der Waals surface area contributed by atoms with Crippen molar-refractivity contribution in [2.24, 2.45) is 0 Å². The molecule has 0 aliphatic carbocycles.